The Morgan fingerprint density at radius 1 is 1.24 bits per heavy atom. The zero-order valence-electron chi connectivity index (χ0n) is 17.2. The van der Waals surface area contributed by atoms with Gasteiger partial charge < -0.3 is 10.6 Å². The van der Waals surface area contributed by atoms with Gasteiger partial charge in [0.1, 0.15) is 0 Å². The molecule has 1 amide bonds. The van der Waals surface area contributed by atoms with E-state index in [1.807, 2.05) is 0 Å². The summed E-state index contributed by atoms with van der Waals surface area (Å²) >= 11 is 13.2. The van der Waals surface area contributed by atoms with Crippen LogP contribution in [-0.2, 0) is 13.2 Å². The van der Waals surface area contributed by atoms with Crippen LogP contribution in [0.4, 0.5) is 13.2 Å². The smallest absolute Gasteiger partial charge is 0.347 e. The topological polar surface area (TPSA) is 59.0 Å². The van der Waals surface area contributed by atoms with E-state index in [-0.39, 0.29) is 35.3 Å². The first kappa shape index (κ1) is 25.8. The summed E-state index contributed by atoms with van der Waals surface area (Å²) in [6.45, 7) is 1.09. The minimum Gasteiger partial charge on any atom is -0.347 e. The highest BCUT2D eigenvalue weighted by Crippen LogP contribution is 2.38. The van der Waals surface area contributed by atoms with Gasteiger partial charge in [0, 0.05) is 25.6 Å². The van der Waals surface area contributed by atoms with Crippen molar-refractivity contribution in [3.63, 3.8) is 0 Å². The van der Waals surface area contributed by atoms with Crippen LogP contribution >= 0.6 is 46.9 Å². The van der Waals surface area contributed by atoms with E-state index in [2.05, 4.69) is 15.7 Å². The van der Waals surface area contributed by atoms with Crippen molar-refractivity contribution in [1.82, 2.24) is 20.4 Å². The number of hydrogen-bond donors (Lipinski definition) is 2. The molecule has 5 nitrogen and oxygen atoms in total. The lowest BCUT2D eigenvalue weighted by Crippen LogP contribution is -2.49. The van der Waals surface area contributed by atoms with Gasteiger partial charge in [0.05, 0.1) is 37.3 Å². The summed E-state index contributed by atoms with van der Waals surface area (Å²) < 4.78 is 41.6. The highest BCUT2D eigenvalue weighted by atomic mass is 35.5. The molecule has 1 saturated heterocycles. The number of benzene rings is 1. The number of piperidine rings is 1. The minimum atomic E-state index is -4.54. The Kier molecular flexibility index (Phi) is 8.01. The molecule has 4 rings (SSSR count). The van der Waals surface area contributed by atoms with Crippen LogP contribution in [0.5, 0.6) is 0 Å². The van der Waals surface area contributed by atoms with Crippen LogP contribution in [0.1, 0.15) is 33.1 Å². The summed E-state index contributed by atoms with van der Waals surface area (Å²) in [4.78, 5) is 14.2. The van der Waals surface area contributed by atoms with Crippen LogP contribution in [0.15, 0.2) is 36.5 Å². The normalized spacial score (nSPS) is 18.6. The highest BCUT2D eigenvalue weighted by molar-refractivity contribution is 7.17. The number of alkyl halides is 3. The molecule has 1 aliphatic heterocycles. The molecular weight excluding hydrogens is 520 g/mol. The molecule has 0 bridgehead atoms. The first-order valence-corrected chi connectivity index (χ1v) is 11.4. The molecule has 3 aromatic rings. The SMILES string of the molecule is Cl.Cn1ncc(Cl)c1-c1ccc(C(=O)N[C@@H]2CNCC[C@H]2c2ccc(Cl)c(C(F)(F)F)c2)s1. The van der Waals surface area contributed by atoms with Crippen molar-refractivity contribution in [3.05, 3.63) is 62.6 Å². The van der Waals surface area contributed by atoms with Crippen LogP contribution in [0.2, 0.25) is 10.0 Å². The van der Waals surface area contributed by atoms with Crippen molar-refractivity contribution >= 4 is 52.9 Å². The molecule has 0 aliphatic carbocycles. The van der Waals surface area contributed by atoms with E-state index in [1.54, 1.807) is 29.9 Å². The average Bonchev–Trinajstić information content (AvgIpc) is 3.34. The Morgan fingerprint density at radius 3 is 2.67 bits per heavy atom. The summed E-state index contributed by atoms with van der Waals surface area (Å²) in [5.74, 6) is -0.562. The van der Waals surface area contributed by atoms with Gasteiger partial charge in [-0.3, -0.25) is 9.48 Å². The van der Waals surface area contributed by atoms with Gasteiger partial charge in [-0.15, -0.1) is 23.7 Å². The lowest BCUT2D eigenvalue weighted by Gasteiger charge is -2.33. The van der Waals surface area contributed by atoms with Crippen molar-refractivity contribution < 1.29 is 18.0 Å². The third-order valence-electron chi connectivity index (χ3n) is 5.48. The number of hydrogen-bond acceptors (Lipinski definition) is 4. The van der Waals surface area contributed by atoms with Crippen LogP contribution in [-0.4, -0.2) is 34.8 Å². The van der Waals surface area contributed by atoms with Gasteiger partial charge in [-0.2, -0.15) is 18.3 Å². The summed E-state index contributed by atoms with van der Waals surface area (Å²) in [5.41, 5.74) is 0.354. The Morgan fingerprint density at radius 2 is 2.00 bits per heavy atom. The molecule has 2 aromatic heterocycles. The number of nitrogens with one attached hydrogen (secondary N) is 2. The standard InChI is InChI=1S/C21H19Cl2F3N4OS.ClH/c1-30-19(15(23)9-28-30)17-4-5-18(32-17)20(31)29-16-10-27-7-6-12(16)11-2-3-14(22)13(8-11)21(24,25)26;/h2-5,8-9,12,16,27H,6-7,10H2,1H3,(H,29,31);1H/t12-,16+;/m0./s1. The van der Waals surface area contributed by atoms with Gasteiger partial charge in [-0.25, -0.2) is 0 Å². The van der Waals surface area contributed by atoms with Gasteiger partial charge in [0.25, 0.3) is 5.91 Å². The molecule has 1 fully saturated rings. The summed E-state index contributed by atoms with van der Waals surface area (Å²) in [6, 6.07) is 7.08. The van der Waals surface area contributed by atoms with Crippen molar-refractivity contribution in [3.8, 4) is 10.6 Å². The number of thiophene rings is 1. The van der Waals surface area contributed by atoms with Crippen molar-refractivity contribution in [1.29, 1.82) is 0 Å². The summed E-state index contributed by atoms with van der Waals surface area (Å²) in [6.07, 6.45) is -2.42. The van der Waals surface area contributed by atoms with Gasteiger partial charge in [-0.1, -0.05) is 29.3 Å². The van der Waals surface area contributed by atoms with Crippen LogP contribution < -0.4 is 10.6 Å². The Hall–Kier alpha value is -1.78. The number of amides is 1. The first-order valence-electron chi connectivity index (χ1n) is 9.81. The summed E-state index contributed by atoms with van der Waals surface area (Å²) in [7, 11) is 1.76. The Balaban J connectivity index is 0.00000306. The quantitative estimate of drug-likeness (QED) is 0.442. The van der Waals surface area contributed by atoms with Gasteiger partial charge >= 0.3 is 6.18 Å². The number of halogens is 6. The zero-order chi connectivity index (χ0) is 23.0. The second kappa shape index (κ2) is 10.2. The molecule has 3 heterocycles. The molecule has 1 aliphatic rings. The fourth-order valence-corrected chi connectivity index (χ4v) is 5.46. The monoisotopic (exact) mass is 538 g/mol. The number of rotatable bonds is 4. The maximum absolute atomic E-state index is 13.3. The molecule has 0 saturated carbocycles. The molecule has 0 radical (unpaired) electrons. The lowest BCUT2D eigenvalue weighted by atomic mass is 9.85. The average molecular weight is 540 g/mol. The largest absolute Gasteiger partial charge is 0.417 e. The number of carbonyl (C=O) groups is 1. The second-order valence-corrected chi connectivity index (χ2v) is 9.44. The third-order valence-corrected chi connectivity index (χ3v) is 7.18. The maximum atomic E-state index is 13.3. The van der Waals surface area contributed by atoms with E-state index >= 15 is 0 Å². The molecule has 0 unspecified atom stereocenters. The number of nitrogens with zero attached hydrogens (tertiary/aromatic N) is 2. The molecule has 2 N–H and O–H groups in total. The van der Waals surface area contributed by atoms with Crippen molar-refractivity contribution in [2.24, 2.45) is 7.05 Å². The van der Waals surface area contributed by atoms with Gasteiger partial charge in [0.2, 0.25) is 0 Å². The third kappa shape index (κ3) is 5.49. The summed E-state index contributed by atoms with van der Waals surface area (Å²) in [5, 5.41) is 10.4. The fraction of sp³-hybridized carbons (Fsp3) is 0.333. The Bertz CT molecular complexity index is 1130. The van der Waals surface area contributed by atoms with Gasteiger partial charge in [0.15, 0.2) is 0 Å². The predicted molar refractivity (Wildman–Crippen MR) is 127 cm³/mol. The number of carbonyl (C=O) groups excluding carboxylic acids is 1. The van der Waals surface area contributed by atoms with E-state index in [9.17, 15) is 18.0 Å². The van der Waals surface area contributed by atoms with E-state index in [1.165, 1.54) is 23.6 Å². The van der Waals surface area contributed by atoms with Crippen LogP contribution in [0, 0.1) is 0 Å². The zero-order valence-corrected chi connectivity index (χ0v) is 20.4. The fourth-order valence-electron chi connectivity index (χ4n) is 3.91. The number of aromatic nitrogens is 2. The molecular formula is C21H20Cl3F3N4OS. The van der Waals surface area contributed by atoms with Gasteiger partial charge in [-0.05, 0) is 42.8 Å². The number of aryl methyl sites for hydroxylation is 1. The molecule has 1 aromatic carbocycles. The second-order valence-electron chi connectivity index (χ2n) is 7.54. The molecule has 33 heavy (non-hydrogen) atoms. The van der Waals surface area contributed by atoms with Crippen molar-refractivity contribution in [2.45, 2.75) is 24.6 Å². The molecule has 2 atom stereocenters. The molecule has 0 spiro atoms. The van der Waals surface area contributed by atoms with E-state index in [0.29, 0.717) is 40.7 Å². The van der Waals surface area contributed by atoms with E-state index in [4.69, 9.17) is 23.2 Å². The Labute approximate surface area is 208 Å². The molecule has 12 heteroatoms. The molecule has 178 valence electrons. The van der Waals surface area contributed by atoms with Crippen molar-refractivity contribution in [2.75, 3.05) is 13.1 Å². The van der Waals surface area contributed by atoms with E-state index < -0.39 is 11.7 Å². The predicted octanol–water partition coefficient (Wildman–Crippen LogP) is 5.77. The minimum absolute atomic E-state index is 0. The highest BCUT2D eigenvalue weighted by Gasteiger charge is 2.35. The van der Waals surface area contributed by atoms with E-state index in [0.717, 1.165) is 10.9 Å². The first-order chi connectivity index (χ1) is 15.1. The maximum Gasteiger partial charge on any atom is 0.417 e. The lowest BCUT2D eigenvalue weighted by molar-refractivity contribution is -0.137. The van der Waals surface area contributed by atoms with Crippen LogP contribution in [0.25, 0.3) is 10.6 Å². The van der Waals surface area contributed by atoms with Crippen LogP contribution in [0.3, 0.4) is 0 Å².